The number of carbonyl (C=O) groups is 1. The molecule has 1 aliphatic carbocycles. The molecule has 3 nitrogen and oxygen atoms in total. The van der Waals surface area contributed by atoms with E-state index in [1.54, 1.807) is 0 Å². The largest absolute Gasteiger partial charge is 0.353 e. The molecule has 0 spiro atoms. The maximum atomic E-state index is 11.4. The van der Waals surface area contributed by atoms with Gasteiger partial charge in [-0.15, -0.1) is 0 Å². The fourth-order valence-corrected chi connectivity index (χ4v) is 2.22. The van der Waals surface area contributed by atoms with Crippen LogP contribution in [0.5, 0.6) is 0 Å². The Hall–Kier alpha value is -0.580. The van der Waals surface area contributed by atoms with Crippen LogP contribution in [0.4, 0.5) is 0 Å². The van der Waals surface area contributed by atoms with Gasteiger partial charge in [-0.05, 0) is 36.6 Å². The van der Waals surface area contributed by atoms with Gasteiger partial charge in [-0.2, -0.15) is 0 Å². The summed E-state index contributed by atoms with van der Waals surface area (Å²) in [6, 6.07) is 6.20. The first-order valence-electron chi connectivity index (χ1n) is 6.09. The zero-order valence-corrected chi connectivity index (χ0v) is 12.4. The van der Waals surface area contributed by atoms with Crippen molar-refractivity contribution in [1.29, 1.82) is 0 Å². The molecule has 1 fully saturated rings. The predicted molar refractivity (Wildman–Crippen MR) is 76.6 cm³/mol. The van der Waals surface area contributed by atoms with Gasteiger partial charge in [0, 0.05) is 35.0 Å². The van der Waals surface area contributed by atoms with Crippen LogP contribution in [0.2, 0.25) is 5.02 Å². The Labute approximate surface area is 120 Å². The zero-order chi connectivity index (χ0) is 13.0. The molecular formula is C13H16BrClN2O. The number of benzene rings is 1. The Morgan fingerprint density at radius 2 is 2.22 bits per heavy atom. The number of rotatable bonds is 6. The first kappa shape index (κ1) is 13.8. The molecule has 5 heteroatoms. The molecule has 0 unspecified atom stereocenters. The summed E-state index contributed by atoms with van der Waals surface area (Å²) in [5, 5.41) is 6.93. The van der Waals surface area contributed by atoms with Crippen molar-refractivity contribution in [3.8, 4) is 0 Å². The Morgan fingerprint density at radius 1 is 1.44 bits per heavy atom. The van der Waals surface area contributed by atoms with E-state index in [0.29, 0.717) is 25.6 Å². The number of nitrogens with one attached hydrogen (secondary N) is 2. The fourth-order valence-electron chi connectivity index (χ4n) is 1.63. The van der Waals surface area contributed by atoms with Gasteiger partial charge in [0.05, 0.1) is 0 Å². The lowest BCUT2D eigenvalue weighted by atomic mass is 10.2. The molecule has 0 aromatic heterocycles. The molecule has 1 aromatic carbocycles. The zero-order valence-electron chi connectivity index (χ0n) is 10.0. The van der Waals surface area contributed by atoms with Crippen molar-refractivity contribution in [2.45, 2.75) is 31.8 Å². The molecule has 98 valence electrons. The second kappa shape index (κ2) is 6.55. The molecule has 18 heavy (non-hydrogen) atoms. The van der Waals surface area contributed by atoms with Crippen molar-refractivity contribution in [1.82, 2.24) is 10.6 Å². The average Bonchev–Trinajstić information content (AvgIpc) is 3.13. The SMILES string of the molecule is O=C(CCNCc1cc(Br)ccc1Cl)NC1CC1. The molecule has 2 rings (SSSR count). The van der Waals surface area contributed by atoms with E-state index in [1.807, 2.05) is 18.2 Å². The lowest BCUT2D eigenvalue weighted by Gasteiger charge is -2.07. The highest BCUT2D eigenvalue weighted by Gasteiger charge is 2.22. The number of amides is 1. The molecule has 0 bridgehead atoms. The molecule has 0 atom stereocenters. The van der Waals surface area contributed by atoms with Crippen molar-refractivity contribution in [2.75, 3.05) is 6.54 Å². The fraction of sp³-hybridized carbons (Fsp3) is 0.462. The highest BCUT2D eigenvalue weighted by molar-refractivity contribution is 9.10. The van der Waals surface area contributed by atoms with E-state index >= 15 is 0 Å². The number of carbonyl (C=O) groups excluding carboxylic acids is 1. The normalized spacial score (nSPS) is 14.6. The smallest absolute Gasteiger partial charge is 0.221 e. The van der Waals surface area contributed by atoms with Crippen LogP contribution in [0.3, 0.4) is 0 Å². The van der Waals surface area contributed by atoms with Crippen molar-refractivity contribution >= 4 is 33.4 Å². The van der Waals surface area contributed by atoms with Crippen molar-refractivity contribution in [3.63, 3.8) is 0 Å². The van der Waals surface area contributed by atoms with E-state index in [9.17, 15) is 4.79 Å². The van der Waals surface area contributed by atoms with E-state index in [2.05, 4.69) is 26.6 Å². The summed E-state index contributed by atoms with van der Waals surface area (Å²) < 4.78 is 1.01. The van der Waals surface area contributed by atoms with Gasteiger partial charge in [-0.25, -0.2) is 0 Å². The van der Waals surface area contributed by atoms with Gasteiger partial charge in [0.15, 0.2) is 0 Å². The van der Waals surface area contributed by atoms with E-state index < -0.39 is 0 Å². The monoisotopic (exact) mass is 330 g/mol. The lowest BCUT2D eigenvalue weighted by Crippen LogP contribution is -2.29. The molecule has 0 heterocycles. The van der Waals surface area contributed by atoms with Gasteiger partial charge >= 0.3 is 0 Å². The minimum Gasteiger partial charge on any atom is -0.353 e. The molecule has 1 aliphatic rings. The molecule has 1 aromatic rings. The quantitative estimate of drug-likeness (QED) is 0.787. The van der Waals surface area contributed by atoms with Gasteiger partial charge in [0.25, 0.3) is 0 Å². The topological polar surface area (TPSA) is 41.1 Å². The number of halogens is 2. The third-order valence-electron chi connectivity index (χ3n) is 2.79. The van der Waals surface area contributed by atoms with Gasteiger partial charge in [0.1, 0.15) is 0 Å². The Balaban J connectivity index is 1.67. The summed E-state index contributed by atoms with van der Waals surface area (Å²) in [7, 11) is 0. The molecule has 0 aliphatic heterocycles. The van der Waals surface area contributed by atoms with Crippen LogP contribution in [0.25, 0.3) is 0 Å². The number of hydrogen-bond acceptors (Lipinski definition) is 2. The standard InChI is InChI=1S/C13H16BrClN2O/c14-10-1-4-12(15)9(7-10)8-16-6-5-13(18)17-11-2-3-11/h1,4,7,11,16H,2-3,5-6,8H2,(H,17,18). The molecule has 1 amide bonds. The van der Waals surface area contributed by atoms with Crippen LogP contribution in [-0.4, -0.2) is 18.5 Å². The van der Waals surface area contributed by atoms with Gasteiger partial charge < -0.3 is 10.6 Å². The molecule has 1 saturated carbocycles. The van der Waals surface area contributed by atoms with Crippen LogP contribution in [0.1, 0.15) is 24.8 Å². The van der Waals surface area contributed by atoms with Crippen LogP contribution in [0.15, 0.2) is 22.7 Å². The summed E-state index contributed by atoms with van der Waals surface area (Å²) >= 11 is 9.49. The van der Waals surface area contributed by atoms with Crippen molar-refractivity contribution in [3.05, 3.63) is 33.3 Å². The predicted octanol–water partition coefficient (Wildman–Crippen LogP) is 2.86. The second-order valence-electron chi connectivity index (χ2n) is 4.50. The second-order valence-corrected chi connectivity index (χ2v) is 5.83. The van der Waals surface area contributed by atoms with E-state index in [0.717, 1.165) is 27.9 Å². The highest BCUT2D eigenvalue weighted by Crippen LogP contribution is 2.20. The Kier molecular flexibility index (Phi) is 5.03. The van der Waals surface area contributed by atoms with E-state index in [1.165, 1.54) is 0 Å². The number of hydrogen-bond donors (Lipinski definition) is 2. The van der Waals surface area contributed by atoms with Crippen LogP contribution < -0.4 is 10.6 Å². The van der Waals surface area contributed by atoms with Gasteiger partial charge in [-0.1, -0.05) is 27.5 Å². The lowest BCUT2D eigenvalue weighted by molar-refractivity contribution is -0.121. The summed E-state index contributed by atoms with van der Waals surface area (Å²) in [4.78, 5) is 11.4. The van der Waals surface area contributed by atoms with Crippen molar-refractivity contribution < 1.29 is 4.79 Å². The maximum Gasteiger partial charge on any atom is 0.221 e. The molecular weight excluding hydrogens is 316 g/mol. The van der Waals surface area contributed by atoms with Crippen LogP contribution in [0, 0.1) is 0 Å². The van der Waals surface area contributed by atoms with Crippen molar-refractivity contribution in [2.24, 2.45) is 0 Å². The molecule has 0 radical (unpaired) electrons. The summed E-state index contributed by atoms with van der Waals surface area (Å²) in [5.41, 5.74) is 1.04. The summed E-state index contributed by atoms with van der Waals surface area (Å²) in [6.07, 6.45) is 2.78. The summed E-state index contributed by atoms with van der Waals surface area (Å²) in [6.45, 7) is 1.34. The van der Waals surface area contributed by atoms with Gasteiger partial charge in [0.2, 0.25) is 5.91 Å². The van der Waals surface area contributed by atoms with Crippen LogP contribution >= 0.6 is 27.5 Å². The average molecular weight is 332 g/mol. The Morgan fingerprint density at radius 3 is 2.94 bits per heavy atom. The first-order valence-corrected chi connectivity index (χ1v) is 7.26. The Bertz CT molecular complexity index is 435. The van der Waals surface area contributed by atoms with E-state index in [4.69, 9.17) is 11.6 Å². The van der Waals surface area contributed by atoms with Gasteiger partial charge in [-0.3, -0.25) is 4.79 Å². The van der Waals surface area contributed by atoms with E-state index in [-0.39, 0.29) is 5.91 Å². The first-order chi connectivity index (χ1) is 8.65. The minimum atomic E-state index is 0.130. The minimum absolute atomic E-state index is 0.130. The third kappa shape index (κ3) is 4.59. The summed E-state index contributed by atoms with van der Waals surface area (Å²) in [5.74, 6) is 0.130. The molecule has 2 N–H and O–H groups in total. The molecule has 0 saturated heterocycles. The highest BCUT2D eigenvalue weighted by atomic mass is 79.9. The maximum absolute atomic E-state index is 11.4. The van der Waals surface area contributed by atoms with Crippen LogP contribution in [-0.2, 0) is 11.3 Å². The third-order valence-corrected chi connectivity index (χ3v) is 3.66.